The molecule has 12 nitrogen and oxygen atoms in total. The molecule has 1 aliphatic heterocycles. The molecule has 5 saturated carbocycles. The van der Waals surface area contributed by atoms with Crippen LogP contribution >= 0.6 is 0 Å². The second-order valence-corrected chi connectivity index (χ2v) is 22.7. The Morgan fingerprint density at radius 1 is 0.885 bits per heavy atom. The number of piperidine rings is 1. The highest BCUT2D eigenvalue weighted by molar-refractivity contribution is 7.92. The number of sulfone groups is 1. The van der Waals surface area contributed by atoms with E-state index < -0.39 is 67.3 Å². The summed E-state index contributed by atoms with van der Waals surface area (Å²) in [4.78, 5) is 70.9. The van der Waals surface area contributed by atoms with Crippen molar-refractivity contribution in [3.8, 4) is 0 Å². The summed E-state index contributed by atoms with van der Waals surface area (Å²) in [6.07, 6.45) is 9.52. The number of nitrogens with zero attached hydrogens (tertiary/aromatic N) is 1. The van der Waals surface area contributed by atoms with E-state index in [0.29, 0.717) is 31.7 Å². The summed E-state index contributed by atoms with van der Waals surface area (Å²) in [6, 6.07) is -3.41. The van der Waals surface area contributed by atoms with Gasteiger partial charge < -0.3 is 26.2 Å². The fourth-order valence-corrected chi connectivity index (χ4v) is 11.1. The number of Topliss-reactive ketones (excluding diaryl/α,β-unsaturated/α-hetero) is 1. The van der Waals surface area contributed by atoms with Crippen LogP contribution in [0, 0.1) is 34.0 Å². The van der Waals surface area contributed by atoms with E-state index in [1.807, 2.05) is 20.8 Å². The van der Waals surface area contributed by atoms with Gasteiger partial charge in [-0.05, 0) is 99.7 Å². The Labute approximate surface area is 310 Å². The van der Waals surface area contributed by atoms with Crippen molar-refractivity contribution < 1.29 is 32.4 Å². The van der Waals surface area contributed by atoms with Crippen molar-refractivity contribution in [1.82, 2.24) is 26.2 Å². The standard InChI is InChI=1S/C39H63N5O7S/c1-35(2,3)30(42-34(49)43-38(18-10-9-11-19-38)22-52(50,51)36(4,5)6)33(48)44-20-25-27(39(25)21-37(39,7)8)28(44)31(46)41-26(17-14-23-12-13-23)29(45)32(47)40-24-15-16-24/h23-28,30H,9-22H2,1-8H3,(H,40,47)(H,41,46)(H2,42,43,49). The Hall–Kier alpha value is -2.70. The summed E-state index contributed by atoms with van der Waals surface area (Å²) in [5.41, 5.74) is -1.71. The van der Waals surface area contributed by atoms with Crippen LogP contribution in [0.1, 0.15) is 132 Å². The summed E-state index contributed by atoms with van der Waals surface area (Å²) in [5.74, 6) is -1.73. The molecule has 4 N–H and O–H groups in total. The summed E-state index contributed by atoms with van der Waals surface area (Å²) < 4.78 is 25.8. The van der Waals surface area contributed by atoms with Gasteiger partial charge in [0.1, 0.15) is 12.1 Å². The lowest BCUT2D eigenvalue weighted by Crippen LogP contribution is -2.64. The van der Waals surface area contributed by atoms with Gasteiger partial charge in [-0.25, -0.2) is 13.2 Å². The lowest BCUT2D eigenvalue weighted by molar-refractivity contribution is -0.145. The first kappa shape index (κ1) is 39.0. The zero-order valence-electron chi connectivity index (χ0n) is 32.7. The Bertz CT molecular complexity index is 1580. The lowest BCUT2D eigenvalue weighted by atomic mass is 9.83. The number of ketones is 1. The van der Waals surface area contributed by atoms with Gasteiger partial charge in [-0.2, -0.15) is 0 Å². The summed E-state index contributed by atoms with van der Waals surface area (Å²) >= 11 is 0. The van der Waals surface area contributed by atoms with Crippen molar-refractivity contribution in [2.75, 3.05) is 12.3 Å². The normalized spacial score (nSPS) is 30.1. The van der Waals surface area contributed by atoms with E-state index in [1.165, 1.54) is 0 Å². The molecule has 6 rings (SSSR count). The van der Waals surface area contributed by atoms with Gasteiger partial charge in [-0.3, -0.25) is 19.2 Å². The molecule has 6 atom stereocenters. The molecular weight excluding hydrogens is 683 g/mol. The van der Waals surface area contributed by atoms with Crippen LogP contribution in [0.25, 0.3) is 0 Å². The van der Waals surface area contributed by atoms with E-state index in [1.54, 1.807) is 25.7 Å². The molecule has 1 saturated heterocycles. The third kappa shape index (κ3) is 7.63. The molecule has 5 amide bonds. The number of rotatable bonds is 13. The van der Waals surface area contributed by atoms with E-state index in [-0.39, 0.29) is 40.4 Å². The largest absolute Gasteiger partial charge is 0.347 e. The van der Waals surface area contributed by atoms with Crippen molar-refractivity contribution >= 4 is 39.4 Å². The van der Waals surface area contributed by atoms with Crippen molar-refractivity contribution in [1.29, 1.82) is 0 Å². The molecule has 1 spiro atoms. The van der Waals surface area contributed by atoms with Crippen molar-refractivity contribution in [2.24, 2.45) is 34.0 Å². The van der Waals surface area contributed by atoms with Crippen LogP contribution in [-0.2, 0) is 29.0 Å². The SMILES string of the molecule is CC(C)(C)C(NC(=O)NC1(CS(=O)(=O)C(C)(C)C)CCCCC1)C(=O)N1CC2C(C1C(=O)NC(CCC1CC1)C(=O)C(=O)NC1CC1)C21CC1(C)C. The second kappa shape index (κ2) is 13.3. The van der Waals surface area contributed by atoms with Crippen LogP contribution in [0.2, 0.25) is 0 Å². The number of nitrogens with one attached hydrogen (secondary N) is 4. The first-order valence-electron chi connectivity index (χ1n) is 19.8. The van der Waals surface area contributed by atoms with Crippen LogP contribution in [-0.4, -0.2) is 89.6 Å². The first-order valence-corrected chi connectivity index (χ1v) is 21.4. The maximum Gasteiger partial charge on any atom is 0.315 e. The molecule has 5 aliphatic carbocycles. The zero-order valence-corrected chi connectivity index (χ0v) is 33.5. The van der Waals surface area contributed by atoms with Crippen LogP contribution in [0.15, 0.2) is 0 Å². The van der Waals surface area contributed by atoms with Crippen LogP contribution in [0.5, 0.6) is 0 Å². The quantitative estimate of drug-likeness (QED) is 0.207. The molecular formula is C39H63N5O7S. The molecule has 6 aliphatic rings. The van der Waals surface area contributed by atoms with Crippen molar-refractivity contribution in [2.45, 2.75) is 167 Å². The van der Waals surface area contributed by atoms with Crippen LogP contribution < -0.4 is 21.3 Å². The molecule has 0 aromatic rings. The van der Waals surface area contributed by atoms with Crippen LogP contribution in [0.4, 0.5) is 4.79 Å². The average Bonchev–Trinajstić information content (AvgIpc) is 3.93. The Kier molecular flexibility index (Phi) is 9.94. The highest BCUT2D eigenvalue weighted by Crippen LogP contribution is 2.87. The maximum absolute atomic E-state index is 14.7. The predicted octanol–water partition coefficient (Wildman–Crippen LogP) is 4.01. The van der Waals surface area contributed by atoms with E-state index in [0.717, 1.165) is 57.8 Å². The molecule has 0 aromatic carbocycles. The van der Waals surface area contributed by atoms with Gasteiger partial charge >= 0.3 is 6.03 Å². The smallest absolute Gasteiger partial charge is 0.315 e. The highest BCUT2D eigenvalue weighted by atomic mass is 32.2. The first-order chi connectivity index (χ1) is 24.0. The number of carbonyl (C=O) groups is 5. The number of amides is 5. The number of urea groups is 1. The number of hydrogen-bond acceptors (Lipinski definition) is 7. The predicted molar refractivity (Wildman–Crippen MR) is 198 cm³/mol. The van der Waals surface area contributed by atoms with Crippen molar-refractivity contribution in [3.63, 3.8) is 0 Å². The number of fused-ring (bicyclic) bond motifs is 3. The van der Waals surface area contributed by atoms with Gasteiger partial charge in [0.2, 0.25) is 17.6 Å². The Morgan fingerprint density at radius 2 is 1.50 bits per heavy atom. The van der Waals surface area contributed by atoms with Gasteiger partial charge in [-0.1, -0.05) is 66.7 Å². The van der Waals surface area contributed by atoms with E-state index in [4.69, 9.17) is 0 Å². The molecule has 6 fully saturated rings. The number of hydrogen-bond donors (Lipinski definition) is 4. The van der Waals surface area contributed by atoms with Gasteiger partial charge in [0, 0.05) is 12.6 Å². The minimum absolute atomic E-state index is 0.0123. The molecule has 292 valence electrons. The summed E-state index contributed by atoms with van der Waals surface area (Å²) in [6.45, 7) is 15.3. The van der Waals surface area contributed by atoms with Gasteiger partial charge in [0.25, 0.3) is 5.91 Å². The molecule has 0 aromatic heterocycles. The number of likely N-dealkylation sites (tertiary alicyclic amines) is 1. The third-order valence-corrected chi connectivity index (χ3v) is 16.2. The fraction of sp³-hybridized carbons (Fsp3) is 0.872. The number of carbonyl (C=O) groups excluding carboxylic acids is 5. The highest BCUT2D eigenvalue weighted by Gasteiger charge is 2.86. The lowest BCUT2D eigenvalue weighted by Gasteiger charge is -2.41. The van der Waals surface area contributed by atoms with E-state index in [9.17, 15) is 32.4 Å². The third-order valence-electron chi connectivity index (χ3n) is 13.4. The van der Waals surface area contributed by atoms with Gasteiger partial charge in [0.15, 0.2) is 9.84 Å². The Balaban J connectivity index is 1.21. The topological polar surface area (TPSA) is 171 Å². The minimum Gasteiger partial charge on any atom is -0.347 e. The Morgan fingerprint density at radius 3 is 2.02 bits per heavy atom. The molecule has 52 heavy (non-hydrogen) atoms. The van der Waals surface area contributed by atoms with E-state index >= 15 is 0 Å². The minimum atomic E-state index is -3.56. The molecule has 0 radical (unpaired) electrons. The van der Waals surface area contributed by atoms with E-state index in [2.05, 4.69) is 35.1 Å². The second-order valence-electron chi connectivity index (χ2n) is 20.0. The average molecular weight is 746 g/mol. The zero-order chi connectivity index (χ0) is 38.2. The molecule has 1 heterocycles. The van der Waals surface area contributed by atoms with Crippen molar-refractivity contribution in [3.05, 3.63) is 0 Å². The van der Waals surface area contributed by atoms with Gasteiger partial charge in [-0.15, -0.1) is 0 Å². The maximum atomic E-state index is 14.7. The summed E-state index contributed by atoms with van der Waals surface area (Å²) in [7, 11) is -3.56. The monoisotopic (exact) mass is 745 g/mol. The van der Waals surface area contributed by atoms with Gasteiger partial charge in [0.05, 0.1) is 22.1 Å². The molecule has 13 heteroatoms. The summed E-state index contributed by atoms with van der Waals surface area (Å²) in [5, 5.41) is 11.7. The fourth-order valence-electron chi connectivity index (χ4n) is 9.58. The molecule has 0 bridgehead atoms. The molecule has 6 unspecified atom stereocenters. The van der Waals surface area contributed by atoms with Crippen LogP contribution in [0.3, 0.4) is 0 Å².